The van der Waals surface area contributed by atoms with E-state index in [9.17, 15) is 0 Å². The number of halogens is 1. The monoisotopic (exact) mass is 283 g/mol. The minimum absolute atomic E-state index is 0.353. The lowest BCUT2D eigenvalue weighted by Crippen LogP contribution is -2.41. The molecule has 5 heteroatoms. The first kappa shape index (κ1) is 15.6. The van der Waals surface area contributed by atoms with E-state index in [2.05, 4.69) is 29.5 Å². The second kappa shape index (κ2) is 8.64. The fourth-order valence-corrected chi connectivity index (χ4v) is 1.65. The van der Waals surface area contributed by atoms with Crippen molar-refractivity contribution in [3.8, 4) is 5.75 Å². The number of rotatable bonds is 6. The molecule has 0 saturated carbocycles. The van der Waals surface area contributed by atoms with E-state index in [1.165, 1.54) is 0 Å². The van der Waals surface area contributed by atoms with Gasteiger partial charge in [0.15, 0.2) is 5.96 Å². The zero-order chi connectivity index (χ0) is 14.1. The maximum Gasteiger partial charge on any atom is 0.191 e. The number of nitrogens with one attached hydrogen (secondary N) is 2. The van der Waals surface area contributed by atoms with Crippen LogP contribution >= 0.6 is 11.6 Å². The molecule has 4 nitrogen and oxygen atoms in total. The molecule has 106 valence electrons. The normalized spacial score (nSPS) is 11.5. The van der Waals surface area contributed by atoms with Crippen molar-refractivity contribution in [3.05, 3.63) is 29.3 Å². The molecule has 0 amide bonds. The Balaban J connectivity index is 2.38. The third kappa shape index (κ3) is 6.91. The molecule has 2 N–H and O–H groups in total. The van der Waals surface area contributed by atoms with Crippen LogP contribution in [0.4, 0.5) is 0 Å². The first-order valence-electron chi connectivity index (χ1n) is 6.55. The summed E-state index contributed by atoms with van der Waals surface area (Å²) in [4.78, 5) is 4.43. The van der Waals surface area contributed by atoms with E-state index >= 15 is 0 Å². The molecular weight excluding hydrogens is 262 g/mol. The molecular formula is C14H22ClN3O. The van der Waals surface area contributed by atoms with Crippen LogP contribution in [0.1, 0.15) is 20.8 Å². The first-order chi connectivity index (χ1) is 9.11. The summed E-state index contributed by atoms with van der Waals surface area (Å²) in [6.07, 6.45) is 0. The van der Waals surface area contributed by atoms with Gasteiger partial charge in [0.25, 0.3) is 0 Å². The zero-order valence-electron chi connectivity index (χ0n) is 11.7. The van der Waals surface area contributed by atoms with Crippen molar-refractivity contribution in [1.29, 1.82) is 0 Å². The SMILES string of the molecule is CCNC(=NCCOc1cccc(Cl)c1)NC(C)C. The Bertz CT molecular complexity index is 407. The molecule has 0 bridgehead atoms. The summed E-state index contributed by atoms with van der Waals surface area (Å²) in [6, 6.07) is 7.72. The molecule has 1 aromatic carbocycles. The van der Waals surface area contributed by atoms with Gasteiger partial charge in [-0.1, -0.05) is 17.7 Å². The highest BCUT2D eigenvalue weighted by molar-refractivity contribution is 6.30. The number of hydrogen-bond acceptors (Lipinski definition) is 2. The Morgan fingerprint density at radius 3 is 2.84 bits per heavy atom. The Hall–Kier alpha value is -1.42. The lowest BCUT2D eigenvalue weighted by Gasteiger charge is -2.14. The molecule has 0 atom stereocenters. The van der Waals surface area contributed by atoms with Gasteiger partial charge in [0.1, 0.15) is 12.4 Å². The van der Waals surface area contributed by atoms with Gasteiger partial charge in [-0.15, -0.1) is 0 Å². The predicted octanol–water partition coefficient (Wildman–Crippen LogP) is 2.68. The van der Waals surface area contributed by atoms with Crippen LogP contribution in [0.5, 0.6) is 5.75 Å². The standard InChI is InChI=1S/C14H22ClN3O/c1-4-16-14(18-11(2)3)17-8-9-19-13-7-5-6-12(15)10-13/h5-7,10-11H,4,8-9H2,1-3H3,(H2,16,17,18). The van der Waals surface area contributed by atoms with Crippen LogP contribution in [0.2, 0.25) is 5.02 Å². The minimum atomic E-state index is 0.353. The predicted molar refractivity (Wildman–Crippen MR) is 81.2 cm³/mol. The highest BCUT2D eigenvalue weighted by Gasteiger charge is 1.99. The Morgan fingerprint density at radius 2 is 2.21 bits per heavy atom. The molecule has 1 aromatic rings. The van der Waals surface area contributed by atoms with Crippen molar-refractivity contribution in [2.45, 2.75) is 26.8 Å². The van der Waals surface area contributed by atoms with Gasteiger partial charge in [0.05, 0.1) is 6.54 Å². The van der Waals surface area contributed by atoms with E-state index in [1.807, 2.05) is 25.1 Å². The van der Waals surface area contributed by atoms with Gasteiger partial charge in [-0.05, 0) is 39.0 Å². The molecule has 0 aromatic heterocycles. The fraction of sp³-hybridized carbons (Fsp3) is 0.500. The maximum absolute atomic E-state index is 5.88. The molecule has 1 rings (SSSR count). The fourth-order valence-electron chi connectivity index (χ4n) is 1.47. The molecule has 0 radical (unpaired) electrons. The highest BCUT2D eigenvalue weighted by Crippen LogP contribution is 2.16. The van der Waals surface area contributed by atoms with E-state index in [-0.39, 0.29) is 0 Å². The third-order valence-corrected chi connectivity index (χ3v) is 2.43. The summed E-state index contributed by atoms with van der Waals surface area (Å²) in [5, 5.41) is 7.11. The molecule has 0 aliphatic carbocycles. The van der Waals surface area contributed by atoms with Crippen LogP contribution in [0.3, 0.4) is 0 Å². The van der Waals surface area contributed by atoms with Crippen LogP contribution in [0.15, 0.2) is 29.3 Å². The Kier molecular flexibility index (Phi) is 7.11. The molecule has 0 aliphatic heterocycles. The Morgan fingerprint density at radius 1 is 1.42 bits per heavy atom. The lowest BCUT2D eigenvalue weighted by atomic mass is 10.3. The smallest absolute Gasteiger partial charge is 0.191 e. The zero-order valence-corrected chi connectivity index (χ0v) is 12.5. The van der Waals surface area contributed by atoms with Crippen molar-refractivity contribution < 1.29 is 4.74 Å². The molecule has 0 unspecified atom stereocenters. The average Bonchev–Trinajstić information content (AvgIpc) is 2.34. The van der Waals surface area contributed by atoms with Gasteiger partial charge in [-0.3, -0.25) is 0 Å². The average molecular weight is 284 g/mol. The van der Waals surface area contributed by atoms with Gasteiger partial charge in [-0.25, -0.2) is 4.99 Å². The summed E-state index contributed by atoms with van der Waals surface area (Å²) in [7, 11) is 0. The number of guanidine groups is 1. The summed E-state index contributed by atoms with van der Waals surface area (Å²) in [5.74, 6) is 1.58. The molecule has 0 aliphatic rings. The summed E-state index contributed by atoms with van der Waals surface area (Å²) >= 11 is 5.88. The summed E-state index contributed by atoms with van der Waals surface area (Å²) < 4.78 is 5.57. The van der Waals surface area contributed by atoms with Crippen LogP contribution in [-0.4, -0.2) is 31.7 Å². The quantitative estimate of drug-likeness (QED) is 0.479. The molecule has 0 saturated heterocycles. The van der Waals surface area contributed by atoms with E-state index in [0.717, 1.165) is 18.3 Å². The van der Waals surface area contributed by atoms with Crippen molar-refractivity contribution >= 4 is 17.6 Å². The summed E-state index contributed by atoms with van der Waals surface area (Å²) in [5.41, 5.74) is 0. The van der Waals surface area contributed by atoms with Gasteiger partial charge < -0.3 is 15.4 Å². The van der Waals surface area contributed by atoms with Crippen LogP contribution in [0, 0.1) is 0 Å². The van der Waals surface area contributed by atoms with Crippen molar-refractivity contribution in [2.24, 2.45) is 4.99 Å². The van der Waals surface area contributed by atoms with E-state index in [1.54, 1.807) is 6.07 Å². The van der Waals surface area contributed by atoms with Gasteiger partial charge in [0, 0.05) is 17.6 Å². The molecule has 0 spiro atoms. The lowest BCUT2D eigenvalue weighted by molar-refractivity contribution is 0.328. The molecule has 19 heavy (non-hydrogen) atoms. The topological polar surface area (TPSA) is 45.7 Å². The van der Waals surface area contributed by atoms with E-state index < -0.39 is 0 Å². The second-order valence-electron chi connectivity index (χ2n) is 4.37. The number of benzene rings is 1. The molecule has 0 heterocycles. The van der Waals surface area contributed by atoms with Crippen molar-refractivity contribution in [3.63, 3.8) is 0 Å². The van der Waals surface area contributed by atoms with Gasteiger partial charge >= 0.3 is 0 Å². The van der Waals surface area contributed by atoms with Crippen molar-refractivity contribution in [2.75, 3.05) is 19.7 Å². The first-order valence-corrected chi connectivity index (χ1v) is 6.92. The van der Waals surface area contributed by atoms with E-state index in [4.69, 9.17) is 16.3 Å². The van der Waals surface area contributed by atoms with E-state index in [0.29, 0.717) is 24.2 Å². The second-order valence-corrected chi connectivity index (χ2v) is 4.80. The number of nitrogens with zero attached hydrogens (tertiary/aromatic N) is 1. The minimum Gasteiger partial charge on any atom is -0.492 e. The van der Waals surface area contributed by atoms with Crippen LogP contribution in [0.25, 0.3) is 0 Å². The maximum atomic E-state index is 5.88. The van der Waals surface area contributed by atoms with Crippen LogP contribution < -0.4 is 15.4 Å². The van der Waals surface area contributed by atoms with Gasteiger partial charge in [0.2, 0.25) is 0 Å². The highest BCUT2D eigenvalue weighted by atomic mass is 35.5. The molecule has 0 fully saturated rings. The third-order valence-electron chi connectivity index (χ3n) is 2.20. The largest absolute Gasteiger partial charge is 0.492 e. The number of aliphatic imine (C=N–C) groups is 1. The summed E-state index contributed by atoms with van der Waals surface area (Å²) in [6.45, 7) is 8.15. The Labute approximate surface area is 120 Å². The van der Waals surface area contributed by atoms with Crippen LogP contribution in [-0.2, 0) is 0 Å². The van der Waals surface area contributed by atoms with Crippen molar-refractivity contribution in [1.82, 2.24) is 10.6 Å². The number of hydrogen-bond donors (Lipinski definition) is 2. The number of ether oxygens (including phenoxy) is 1. The van der Waals surface area contributed by atoms with Gasteiger partial charge in [-0.2, -0.15) is 0 Å².